The van der Waals surface area contributed by atoms with Crippen LogP contribution in [-0.2, 0) is 26.5 Å². The summed E-state index contributed by atoms with van der Waals surface area (Å²) < 4.78 is 0. The number of halogens is 1. The Morgan fingerprint density at radius 3 is 2.47 bits per heavy atom. The first kappa shape index (κ1) is 23.4. The van der Waals surface area contributed by atoms with E-state index in [0.29, 0.717) is 25.3 Å². The standard InChI is InChI=1S/C26H28ClN3O3S/c1-34-15-12-19-21-22(24(32)30(23(21)31)16-17-8-3-2-4-9-17)26(28-19)18-10-5-6-11-20(18)29(25(26)33)14-7-13-27/h2-6,8-11,19,21-22,28H,7,12-16H2,1H3/t19-,21+,22+,26-/m0/s1. The number of amides is 3. The number of fused-ring (bicyclic) bond motifs is 4. The molecule has 3 aliphatic rings. The fourth-order valence-electron chi connectivity index (χ4n) is 5.86. The lowest BCUT2D eigenvalue weighted by Gasteiger charge is -2.30. The average Bonchev–Trinajstić information content (AvgIpc) is 3.41. The number of rotatable bonds is 8. The van der Waals surface area contributed by atoms with Crippen LogP contribution in [0.5, 0.6) is 0 Å². The molecular weight excluding hydrogens is 470 g/mol. The number of para-hydroxylation sites is 1. The van der Waals surface area contributed by atoms with Crippen LogP contribution in [0, 0.1) is 11.8 Å². The van der Waals surface area contributed by atoms with E-state index in [9.17, 15) is 14.4 Å². The van der Waals surface area contributed by atoms with E-state index in [1.165, 1.54) is 4.90 Å². The van der Waals surface area contributed by atoms with E-state index < -0.39 is 17.4 Å². The molecule has 0 unspecified atom stereocenters. The van der Waals surface area contributed by atoms with Crippen molar-refractivity contribution in [3.8, 4) is 0 Å². The van der Waals surface area contributed by atoms with Crippen LogP contribution in [0.3, 0.4) is 0 Å². The van der Waals surface area contributed by atoms with Gasteiger partial charge in [-0.1, -0.05) is 48.5 Å². The minimum absolute atomic E-state index is 0.150. The Bertz CT molecular complexity index is 1110. The number of likely N-dealkylation sites (tertiary alicyclic amines) is 1. The summed E-state index contributed by atoms with van der Waals surface area (Å²) in [6.07, 6.45) is 3.38. The average molecular weight is 498 g/mol. The molecule has 0 aromatic heterocycles. The predicted molar refractivity (Wildman–Crippen MR) is 135 cm³/mol. The number of nitrogens with one attached hydrogen (secondary N) is 1. The summed E-state index contributed by atoms with van der Waals surface area (Å²) >= 11 is 7.65. The fraction of sp³-hybridized carbons (Fsp3) is 0.423. The van der Waals surface area contributed by atoms with Crippen molar-refractivity contribution in [2.75, 3.05) is 29.3 Å². The molecule has 1 N–H and O–H groups in total. The van der Waals surface area contributed by atoms with Crippen LogP contribution in [-0.4, -0.2) is 53.1 Å². The first-order valence-electron chi connectivity index (χ1n) is 11.7. The van der Waals surface area contributed by atoms with Crippen LogP contribution in [0.25, 0.3) is 0 Å². The number of carbonyl (C=O) groups excluding carboxylic acids is 3. The lowest BCUT2D eigenvalue weighted by molar-refractivity contribution is -0.143. The van der Waals surface area contributed by atoms with Gasteiger partial charge in [-0.3, -0.25) is 24.6 Å². The Morgan fingerprint density at radius 2 is 1.74 bits per heavy atom. The van der Waals surface area contributed by atoms with Crippen LogP contribution >= 0.6 is 23.4 Å². The van der Waals surface area contributed by atoms with E-state index in [4.69, 9.17) is 11.6 Å². The minimum atomic E-state index is -1.23. The number of carbonyl (C=O) groups is 3. The Balaban J connectivity index is 1.59. The van der Waals surface area contributed by atoms with E-state index in [2.05, 4.69) is 5.32 Å². The molecule has 3 aliphatic heterocycles. The summed E-state index contributed by atoms with van der Waals surface area (Å²) in [6.45, 7) is 0.703. The number of hydrogen-bond donors (Lipinski definition) is 1. The van der Waals surface area contributed by atoms with Gasteiger partial charge >= 0.3 is 0 Å². The normalized spacial score (nSPS) is 27.7. The summed E-state index contributed by atoms with van der Waals surface area (Å²) in [5.74, 6) is -0.638. The van der Waals surface area contributed by atoms with Crippen molar-refractivity contribution < 1.29 is 14.4 Å². The van der Waals surface area contributed by atoms with Crippen LogP contribution in [0.15, 0.2) is 54.6 Å². The Morgan fingerprint density at radius 1 is 1.00 bits per heavy atom. The molecule has 0 radical (unpaired) electrons. The first-order chi connectivity index (χ1) is 16.5. The third-order valence-electron chi connectivity index (χ3n) is 7.29. The zero-order valence-electron chi connectivity index (χ0n) is 19.1. The SMILES string of the molecule is CSCC[C@@H]1N[C@]2(C(=O)N(CCCCl)c3ccccc32)[C@H]2C(=O)N(Cc3ccccc3)C(=O)[C@H]12. The second-order valence-electron chi connectivity index (χ2n) is 9.11. The smallest absolute Gasteiger partial charge is 0.252 e. The van der Waals surface area contributed by atoms with Gasteiger partial charge in [-0.2, -0.15) is 11.8 Å². The molecule has 0 aliphatic carbocycles. The number of alkyl halides is 1. The molecule has 2 aromatic carbocycles. The highest BCUT2D eigenvalue weighted by Crippen LogP contribution is 2.55. The third-order valence-corrected chi connectivity index (χ3v) is 8.20. The maximum absolute atomic E-state index is 14.1. The van der Waals surface area contributed by atoms with E-state index in [0.717, 1.165) is 22.6 Å². The highest BCUT2D eigenvalue weighted by Gasteiger charge is 2.71. The molecule has 3 amide bonds. The van der Waals surface area contributed by atoms with Gasteiger partial charge in [-0.05, 0) is 36.5 Å². The number of thioether (sulfide) groups is 1. The highest BCUT2D eigenvalue weighted by molar-refractivity contribution is 7.98. The van der Waals surface area contributed by atoms with Crippen molar-refractivity contribution >= 4 is 46.8 Å². The minimum Gasteiger partial charge on any atom is -0.310 e. The summed E-state index contributed by atoms with van der Waals surface area (Å²) in [4.78, 5) is 44.9. The number of benzene rings is 2. The van der Waals surface area contributed by atoms with Crippen LogP contribution < -0.4 is 10.2 Å². The summed E-state index contributed by atoms with van der Waals surface area (Å²) in [6, 6.07) is 16.9. The topological polar surface area (TPSA) is 69.7 Å². The van der Waals surface area contributed by atoms with Gasteiger partial charge in [0.1, 0.15) is 5.54 Å². The molecule has 0 saturated carbocycles. The summed E-state index contributed by atoms with van der Waals surface area (Å²) in [5, 5.41) is 3.55. The lowest BCUT2D eigenvalue weighted by Crippen LogP contribution is -2.55. The molecule has 34 heavy (non-hydrogen) atoms. The Labute approximate surface area is 209 Å². The van der Waals surface area contributed by atoms with Crippen LogP contribution in [0.2, 0.25) is 0 Å². The van der Waals surface area contributed by atoms with Gasteiger partial charge in [0.15, 0.2) is 0 Å². The number of anilines is 1. The second-order valence-corrected chi connectivity index (χ2v) is 10.5. The molecule has 4 atom stereocenters. The van der Waals surface area contributed by atoms with Crippen molar-refractivity contribution in [3.05, 3.63) is 65.7 Å². The zero-order valence-corrected chi connectivity index (χ0v) is 20.6. The molecule has 2 fully saturated rings. The molecule has 3 heterocycles. The third kappa shape index (κ3) is 3.48. The number of nitrogens with zero attached hydrogens (tertiary/aromatic N) is 2. The molecule has 8 heteroatoms. The van der Waals surface area contributed by atoms with Gasteiger partial charge in [0.05, 0.1) is 18.4 Å². The summed E-state index contributed by atoms with van der Waals surface area (Å²) in [7, 11) is 0. The van der Waals surface area contributed by atoms with Crippen molar-refractivity contribution in [2.24, 2.45) is 11.8 Å². The van der Waals surface area contributed by atoms with Gasteiger partial charge in [-0.15, -0.1) is 11.6 Å². The quantitative estimate of drug-likeness (QED) is 0.447. The Kier molecular flexibility index (Phi) is 6.44. The van der Waals surface area contributed by atoms with E-state index in [-0.39, 0.29) is 30.3 Å². The largest absolute Gasteiger partial charge is 0.310 e. The molecule has 6 nitrogen and oxygen atoms in total. The molecule has 2 saturated heterocycles. The zero-order chi connectivity index (χ0) is 23.9. The molecular formula is C26H28ClN3O3S. The van der Waals surface area contributed by atoms with Crippen LogP contribution in [0.1, 0.15) is 24.0 Å². The second kappa shape index (κ2) is 9.36. The van der Waals surface area contributed by atoms with E-state index in [1.54, 1.807) is 16.7 Å². The van der Waals surface area contributed by atoms with Crippen molar-refractivity contribution in [1.29, 1.82) is 0 Å². The molecule has 0 bridgehead atoms. The van der Waals surface area contributed by atoms with Gasteiger partial charge < -0.3 is 4.90 Å². The maximum Gasteiger partial charge on any atom is 0.252 e. The van der Waals surface area contributed by atoms with Gasteiger partial charge in [0.25, 0.3) is 5.91 Å². The van der Waals surface area contributed by atoms with Crippen molar-refractivity contribution in [2.45, 2.75) is 31.0 Å². The maximum atomic E-state index is 14.1. The number of hydrogen-bond acceptors (Lipinski definition) is 5. The van der Waals surface area contributed by atoms with Gasteiger partial charge in [0, 0.05) is 29.7 Å². The molecule has 1 spiro atoms. The van der Waals surface area contributed by atoms with Crippen molar-refractivity contribution in [3.63, 3.8) is 0 Å². The van der Waals surface area contributed by atoms with E-state index >= 15 is 0 Å². The van der Waals surface area contributed by atoms with E-state index in [1.807, 2.05) is 60.9 Å². The Hall–Kier alpha value is -2.35. The summed E-state index contributed by atoms with van der Waals surface area (Å²) in [5.41, 5.74) is 1.26. The van der Waals surface area contributed by atoms with Crippen molar-refractivity contribution in [1.82, 2.24) is 10.2 Å². The fourth-order valence-corrected chi connectivity index (χ4v) is 6.47. The number of imide groups is 1. The molecule has 178 valence electrons. The first-order valence-corrected chi connectivity index (χ1v) is 13.6. The molecule has 2 aromatic rings. The van der Waals surface area contributed by atoms with Gasteiger partial charge in [-0.25, -0.2) is 0 Å². The predicted octanol–water partition coefficient (Wildman–Crippen LogP) is 3.38. The monoisotopic (exact) mass is 497 g/mol. The van der Waals surface area contributed by atoms with Gasteiger partial charge in [0.2, 0.25) is 11.8 Å². The van der Waals surface area contributed by atoms with Crippen LogP contribution in [0.4, 0.5) is 5.69 Å². The highest BCUT2D eigenvalue weighted by atomic mass is 35.5. The molecule has 5 rings (SSSR count). The lowest BCUT2D eigenvalue weighted by atomic mass is 9.76.